The zero-order valence-electron chi connectivity index (χ0n) is 14.2. The van der Waals surface area contributed by atoms with Crippen molar-refractivity contribution in [2.45, 2.75) is 58.0 Å². The SMILES string of the molecule is CCN(CC(=O)NC(C)COC)C1(CN)CCCC(C)C1. The first kappa shape index (κ1) is 18.4. The summed E-state index contributed by atoms with van der Waals surface area (Å²) < 4.78 is 5.06. The molecular formula is C16H33N3O2. The lowest BCUT2D eigenvalue weighted by atomic mass is 9.75. The maximum absolute atomic E-state index is 12.2. The van der Waals surface area contributed by atoms with Gasteiger partial charge in [-0.2, -0.15) is 0 Å². The fraction of sp³-hybridized carbons (Fsp3) is 0.938. The van der Waals surface area contributed by atoms with E-state index >= 15 is 0 Å². The van der Waals surface area contributed by atoms with E-state index in [1.807, 2.05) is 6.92 Å². The van der Waals surface area contributed by atoms with E-state index < -0.39 is 0 Å². The zero-order valence-corrected chi connectivity index (χ0v) is 14.2. The van der Waals surface area contributed by atoms with E-state index in [0.717, 1.165) is 19.4 Å². The van der Waals surface area contributed by atoms with E-state index in [1.165, 1.54) is 12.8 Å². The maximum atomic E-state index is 12.2. The summed E-state index contributed by atoms with van der Waals surface area (Å²) in [6.45, 7) is 8.81. The quantitative estimate of drug-likeness (QED) is 0.710. The van der Waals surface area contributed by atoms with Gasteiger partial charge in [-0.15, -0.1) is 0 Å². The van der Waals surface area contributed by atoms with Gasteiger partial charge in [0.25, 0.3) is 0 Å². The third-order valence-electron chi connectivity index (χ3n) is 4.66. The Labute approximate surface area is 129 Å². The topological polar surface area (TPSA) is 67.6 Å². The van der Waals surface area contributed by atoms with Crippen molar-refractivity contribution in [2.24, 2.45) is 11.7 Å². The molecule has 0 radical (unpaired) electrons. The third kappa shape index (κ3) is 5.24. The molecule has 1 rings (SSSR count). The highest BCUT2D eigenvalue weighted by atomic mass is 16.5. The van der Waals surface area contributed by atoms with E-state index in [-0.39, 0.29) is 17.5 Å². The molecule has 3 atom stereocenters. The molecule has 1 amide bonds. The number of nitrogens with one attached hydrogen (secondary N) is 1. The summed E-state index contributed by atoms with van der Waals surface area (Å²) in [7, 11) is 1.65. The number of methoxy groups -OCH3 is 1. The second-order valence-corrected chi connectivity index (χ2v) is 6.57. The molecule has 0 saturated heterocycles. The van der Waals surface area contributed by atoms with E-state index in [4.69, 9.17) is 10.5 Å². The van der Waals surface area contributed by atoms with Crippen molar-refractivity contribution in [3.8, 4) is 0 Å². The predicted molar refractivity (Wildman–Crippen MR) is 86.1 cm³/mol. The first-order valence-corrected chi connectivity index (χ1v) is 8.20. The highest BCUT2D eigenvalue weighted by Gasteiger charge is 2.39. The van der Waals surface area contributed by atoms with Crippen molar-refractivity contribution in [3.63, 3.8) is 0 Å². The van der Waals surface area contributed by atoms with Gasteiger partial charge in [-0.05, 0) is 32.2 Å². The summed E-state index contributed by atoms with van der Waals surface area (Å²) >= 11 is 0. The van der Waals surface area contributed by atoms with Crippen LogP contribution in [0, 0.1) is 5.92 Å². The number of hydrogen-bond acceptors (Lipinski definition) is 4. The highest BCUT2D eigenvalue weighted by molar-refractivity contribution is 5.78. The van der Waals surface area contributed by atoms with Crippen LogP contribution >= 0.6 is 0 Å². The minimum Gasteiger partial charge on any atom is -0.383 e. The lowest BCUT2D eigenvalue weighted by Gasteiger charge is -2.47. The molecule has 1 aliphatic carbocycles. The van der Waals surface area contributed by atoms with Crippen LogP contribution in [0.3, 0.4) is 0 Å². The molecule has 1 fully saturated rings. The fourth-order valence-electron chi connectivity index (χ4n) is 3.63. The number of amides is 1. The number of likely N-dealkylation sites (N-methyl/N-ethyl adjacent to an activating group) is 1. The molecule has 1 aliphatic rings. The average molecular weight is 299 g/mol. The summed E-state index contributed by atoms with van der Waals surface area (Å²) in [4.78, 5) is 14.5. The Morgan fingerprint density at radius 2 is 2.29 bits per heavy atom. The van der Waals surface area contributed by atoms with Gasteiger partial charge in [-0.25, -0.2) is 0 Å². The molecule has 5 heteroatoms. The molecule has 3 N–H and O–H groups in total. The largest absolute Gasteiger partial charge is 0.383 e. The minimum atomic E-state index is -0.00570. The van der Waals surface area contributed by atoms with Crippen LogP contribution in [0.5, 0.6) is 0 Å². The van der Waals surface area contributed by atoms with Crippen LogP contribution in [0.15, 0.2) is 0 Å². The molecule has 3 unspecified atom stereocenters. The predicted octanol–water partition coefficient (Wildman–Crippen LogP) is 1.37. The highest BCUT2D eigenvalue weighted by Crippen LogP contribution is 2.36. The van der Waals surface area contributed by atoms with Crippen molar-refractivity contribution in [1.29, 1.82) is 0 Å². The molecule has 0 aromatic heterocycles. The summed E-state index contributed by atoms with van der Waals surface area (Å²) in [5, 5.41) is 2.99. The van der Waals surface area contributed by atoms with E-state index in [0.29, 0.717) is 25.6 Å². The first-order valence-electron chi connectivity index (χ1n) is 8.20. The number of nitrogens with zero attached hydrogens (tertiary/aromatic N) is 1. The minimum absolute atomic E-state index is 0.00570. The molecule has 0 aliphatic heterocycles. The number of hydrogen-bond donors (Lipinski definition) is 2. The lowest BCUT2D eigenvalue weighted by Crippen LogP contribution is -2.58. The number of ether oxygens (including phenoxy) is 1. The first-order chi connectivity index (χ1) is 9.97. The van der Waals surface area contributed by atoms with Crippen LogP contribution in [0.2, 0.25) is 0 Å². The Bertz CT molecular complexity index is 325. The Morgan fingerprint density at radius 1 is 1.57 bits per heavy atom. The summed E-state index contributed by atoms with van der Waals surface area (Å²) in [6, 6.07) is 0.0420. The molecule has 5 nitrogen and oxygen atoms in total. The second-order valence-electron chi connectivity index (χ2n) is 6.57. The van der Waals surface area contributed by atoms with Crippen LogP contribution in [0.1, 0.15) is 46.5 Å². The van der Waals surface area contributed by atoms with Crippen LogP contribution in [-0.4, -0.2) is 55.7 Å². The molecule has 124 valence electrons. The van der Waals surface area contributed by atoms with E-state index in [1.54, 1.807) is 7.11 Å². The van der Waals surface area contributed by atoms with Gasteiger partial charge < -0.3 is 15.8 Å². The van der Waals surface area contributed by atoms with Crippen LogP contribution < -0.4 is 11.1 Å². The van der Waals surface area contributed by atoms with Crippen molar-refractivity contribution in [1.82, 2.24) is 10.2 Å². The molecule has 0 bridgehead atoms. The van der Waals surface area contributed by atoms with Gasteiger partial charge in [-0.3, -0.25) is 9.69 Å². The molecule has 0 heterocycles. The Kier molecular flexibility index (Phi) is 7.63. The molecule has 21 heavy (non-hydrogen) atoms. The zero-order chi connectivity index (χ0) is 15.9. The summed E-state index contributed by atoms with van der Waals surface area (Å²) in [5.74, 6) is 0.749. The molecule has 0 aromatic carbocycles. The van der Waals surface area contributed by atoms with Gasteiger partial charge >= 0.3 is 0 Å². The molecule has 0 aromatic rings. The molecule has 0 spiro atoms. The van der Waals surface area contributed by atoms with Crippen LogP contribution in [0.25, 0.3) is 0 Å². The van der Waals surface area contributed by atoms with Crippen LogP contribution in [-0.2, 0) is 9.53 Å². The monoisotopic (exact) mass is 299 g/mol. The standard InChI is InChI=1S/C16H33N3O2/c1-5-19(10-15(20)18-14(3)11-21-4)16(12-17)8-6-7-13(2)9-16/h13-14H,5-12,17H2,1-4H3,(H,18,20). The van der Waals surface area contributed by atoms with Crippen molar-refractivity contribution in [2.75, 3.05) is 33.4 Å². The normalized spacial score (nSPS) is 27.6. The smallest absolute Gasteiger partial charge is 0.234 e. The Hall–Kier alpha value is -0.650. The van der Waals surface area contributed by atoms with Gasteiger partial charge in [-0.1, -0.05) is 26.7 Å². The van der Waals surface area contributed by atoms with Crippen molar-refractivity contribution in [3.05, 3.63) is 0 Å². The number of nitrogens with two attached hydrogens (primary N) is 1. The van der Waals surface area contributed by atoms with E-state index in [2.05, 4.69) is 24.1 Å². The van der Waals surface area contributed by atoms with Crippen LogP contribution in [0.4, 0.5) is 0 Å². The van der Waals surface area contributed by atoms with Crippen molar-refractivity contribution < 1.29 is 9.53 Å². The Balaban J connectivity index is 2.65. The third-order valence-corrected chi connectivity index (χ3v) is 4.66. The second kappa shape index (κ2) is 8.71. The van der Waals surface area contributed by atoms with E-state index in [9.17, 15) is 4.79 Å². The number of carbonyl (C=O) groups excluding carboxylic acids is 1. The van der Waals surface area contributed by atoms with Gasteiger partial charge in [0.05, 0.1) is 13.2 Å². The summed E-state index contributed by atoms with van der Waals surface area (Å²) in [5.41, 5.74) is 6.10. The summed E-state index contributed by atoms with van der Waals surface area (Å²) in [6.07, 6.45) is 4.67. The maximum Gasteiger partial charge on any atom is 0.234 e. The molecular weight excluding hydrogens is 266 g/mol. The Morgan fingerprint density at radius 3 is 2.81 bits per heavy atom. The molecule has 1 saturated carbocycles. The fourth-order valence-corrected chi connectivity index (χ4v) is 3.63. The van der Waals surface area contributed by atoms with Gasteiger partial charge in [0.1, 0.15) is 0 Å². The van der Waals surface area contributed by atoms with Gasteiger partial charge in [0, 0.05) is 25.2 Å². The average Bonchev–Trinajstić information content (AvgIpc) is 2.44. The van der Waals surface area contributed by atoms with Gasteiger partial charge in [0.2, 0.25) is 5.91 Å². The number of carbonyl (C=O) groups is 1. The number of rotatable bonds is 8. The van der Waals surface area contributed by atoms with Crippen molar-refractivity contribution >= 4 is 5.91 Å². The van der Waals surface area contributed by atoms with Gasteiger partial charge in [0.15, 0.2) is 0 Å². The lowest BCUT2D eigenvalue weighted by molar-refractivity contribution is -0.125.